The quantitative estimate of drug-likeness (QED) is 0.500. The zero-order valence-corrected chi connectivity index (χ0v) is 6.04. The van der Waals surface area contributed by atoms with Gasteiger partial charge in [0.05, 0.1) is 5.88 Å². The summed E-state index contributed by atoms with van der Waals surface area (Å²) in [7, 11) is -4.12. The molecule has 0 aliphatic carbocycles. The molecule has 1 N–H and O–H groups in total. The van der Waals surface area contributed by atoms with Gasteiger partial charge in [0.2, 0.25) is 0 Å². The van der Waals surface area contributed by atoms with E-state index in [1.54, 1.807) is 0 Å². The summed E-state index contributed by atoms with van der Waals surface area (Å²) in [6.45, 7) is 0. The summed E-state index contributed by atoms with van der Waals surface area (Å²) in [4.78, 5) is 0. The predicted octanol–water partition coefficient (Wildman–Crippen LogP) is 0.678. The SMILES string of the molecule is O=S(=O)(O)C(Cl)CCl. The Morgan fingerprint density at radius 2 is 2.00 bits per heavy atom. The summed E-state index contributed by atoms with van der Waals surface area (Å²) < 4.78 is 26.5. The van der Waals surface area contributed by atoms with E-state index in [1.165, 1.54) is 0 Å². The molecular formula is C2H4Cl2O3S. The monoisotopic (exact) mass is 178 g/mol. The Hall–Kier alpha value is 0.490. The average Bonchev–Trinajstić information content (AvgIpc) is 1.62. The molecule has 0 rings (SSSR count). The molecule has 0 spiro atoms. The molecule has 6 heteroatoms. The van der Waals surface area contributed by atoms with Crippen molar-refractivity contribution in [1.82, 2.24) is 0 Å². The highest BCUT2D eigenvalue weighted by atomic mass is 35.5. The van der Waals surface area contributed by atoms with Crippen molar-refractivity contribution < 1.29 is 13.0 Å². The number of halogens is 2. The van der Waals surface area contributed by atoms with Crippen LogP contribution in [0, 0.1) is 0 Å². The van der Waals surface area contributed by atoms with Crippen LogP contribution in [-0.2, 0) is 10.1 Å². The third kappa shape index (κ3) is 2.71. The maximum absolute atomic E-state index is 9.90. The molecule has 1 atom stereocenters. The fourth-order valence-corrected chi connectivity index (χ4v) is 0.716. The number of alkyl halides is 2. The molecule has 3 nitrogen and oxygen atoms in total. The maximum Gasteiger partial charge on any atom is 0.283 e. The maximum atomic E-state index is 9.90. The van der Waals surface area contributed by atoms with Crippen LogP contribution >= 0.6 is 23.2 Å². The van der Waals surface area contributed by atoms with E-state index < -0.39 is 14.8 Å². The minimum atomic E-state index is -4.12. The molecule has 0 amide bonds. The van der Waals surface area contributed by atoms with Gasteiger partial charge in [-0.25, -0.2) is 0 Å². The highest BCUT2D eigenvalue weighted by Gasteiger charge is 2.17. The van der Waals surface area contributed by atoms with Gasteiger partial charge in [-0.3, -0.25) is 4.55 Å². The van der Waals surface area contributed by atoms with Crippen LogP contribution in [0.3, 0.4) is 0 Å². The number of hydrogen-bond acceptors (Lipinski definition) is 2. The Bertz CT molecular complexity index is 151. The van der Waals surface area contributed by atoms with E-state index in [0.717, 1.165) is 0 Å². The second-order valence-electron chi connectivity index (χ2n) is 1.08. The minimum Gasteiger partial charge on any atom is -0.284 e. The Morgan fingerprint density at radius 3 is 2.00 bits per heavy atom. The molecule has 8 heavy (non-hydrogen) atoms. The molecule has 0 bridgehead atoms. The van der Waals surface area contributed by atoms with Crippen molar-refractivity contribution in [2.24, 2.45) is 0 Å². The van der Waals surface area contributed by atoms with Crippen molar-refractivity contribution in [2.75, 3.05) is 5.88 Å². The third-order valence-electron chi connectivity index (χ3n) is 0.445. The minimum absolute atomic E-state index is 0.305. The van der Waals surface area contributed by atoms with Gasteiger partial charge in [0.25, 0.3) is 10.1 Å². The molecule has 0 fully saturated rings. The van der Waals surface area contributed by atoms with Crippen LogP contribution < -0.4 is 0 Å². The molecule has 0 aliphatic rings. The summed E-state index contributed by atoms with van der Waals surface area (Å²) in [5.41, 5.74) is 0. The van der Waals surface area contributed by atoms with Gasteiger partial charge in [0.15, 0.2) is 4.71 Å². The summed E-state index contributed by atoms with van der Waals surface area (Å²) in [5, 5.41) is 0. The van der Waals surface area contributed by atoms with Gasteiger partial charge >= 0.3 is 0 Å². The predicted molar refractivity (Wildman–Crippen MR) is 31.9 cm³/mol. The van der Waals surface area contributed by atoms with Crippen LogP contribution in [0.4, 0.5) is 0 Å². The molecular weight excluding hydrogens is 175 g/mol. The molecule has 0 saturated heterocycles. The van der Waals surface area contributed by atoms with Crippen molar-refractivity contribution in [3.63, 3.8) is 0 Å². The van der Waals surface area contributed by atoms with Crippen molar-refractivity contribution in [1.29, 1.82) is 0 Å². The molecule has 0 aliphatic heterocycles. The molecule has 1 unspecified atom stereocenters. The van der Waals surface area contributed by atoms with Crippen LogP contribution in [0.15, 0.2) is 0 Å². The van der Waals surface area contributed by atoms with Crippen molar-refractivity contribution in [3.05, 3.63) is 0 Å². The Morgan fingerprint density at radius 1 is 1.62 bits per heavy atom. The van der Waals surface area contributed by atoms with Crippen LogP contribution in [0.1, 0.15) is 0 Å². The molecule has 50 valence electrons. The van der Waals surface area contributed by atoms with Gasteiger partial charge in [-0.2, -0.15) is 8.42 Å². The van der Waals surface area contributed by atoms with Gasteiger partial charge < -0.3 is 0 Å². The first-order valence-corrected chi connectivity index (χ1v) is 4.12. The number of rotatable bonds is 2. The lowest BCUT2D eigenvalue weighted by atomic mass is 10.9. The van der Waals surface area contributed by atoms with Crippen LogP contribution in [-0.4, -0.2) is 23.6 Å². The number of hydrogen-bond donors (Lipinski definition) is 1. The van der Waals surface area contributed by atoms with Crippen LogP contribution in [0.2, 0.25) is 0 Å². The molecule has 0 heterocycles. The second-order valence-corrected chi connectivity index (χ2v) is 3.77. The van der Waals surface area contributed by atoms with Gasteiger partial charge in [0, 0.05) is 0 Å². The molecule has 0 saturated carbocycles. The fourth-order valence-electron chi connectivity index (χ4n) is 0.0796. The van der Waals surface area contributed by atoms with Crippen molar-refractivity contribution in [3.8, 4) is 0 Å². The fraction of sp³-hybridized carbons (Fsp3) is 1.00. The van der Waals surface area contributed by atoms with Crippen LogP contribution in [0.25, 0.3) is 0 Å². The van der Waals surface area contributed by atoms with Gasteiger partial charge in [-0.05, 0) is 0 Å². The summed E-state index contributed by atoms with van der Waals surface area (Å²) >= 11 is 9.94. The molecule has 0 radical (unpaired) electrons. The van der Waals surface area contributed by atoms with Crippen molar-refractivity contribution >= 4 is 33.3 Å². The third-order valence-corrected chi connectivity index (χ3v) is 2.74. The van der Waals surface area contributed by atoms with E-state index in [9.17, 15) is 8.42 Å². The Labute approximate surface area is 57.3 Å². The van der Waals surface area contributed by atoms with Crippen LogP contribution in [0.5, 0.6) is 0 Å². The lowest BCUT2D eigenvalue weighted by Crippen LogP contribution is -2.14. The van der Waals surface area contributed by atoms with E-state index in [-0.39, 0.29) is 5.88 Å². The molecule has 0 aromatic rings. The molecule has 0 aromatic heterocycles. The van der Waals surface area contributed by atoms with Gasteiger partial charge in [-0.1, -0.05) is 0 Å². The first kappa shape index (κ1) is 8.49. The Balaban J connectivity index is 4.04. The van der Waals surface area contributed by atoms with E-state index in [2.05, 4.69) is 0 Å². The summed E-state index contributed by atoms with van der Waals surface area (Å²) in [5.74, 6) is -0.305. The van der Waals surface area contributed by atoms with Crippen molar-refractivity contribution in [2.45, 2.75) is 4.71 Å². The average molecular weight is 179 g/mol. The zero-order chi connectivity index (χ0) is 6.78. The van der Waals surface area contributed by atoms with E-state index in [4.69, 9.17) is 27.8 Å². The van der Waals surface area contributed by atoms with Gasteiger partial charge in [0.1, 0.15) is 0 Å². The summed E-state index contributed by atoms with van der Waals surface area (Å²) in [6.07, 6.45) is 0. The highest BCUT2D eigenvalue weighted by molar-refractivity contribution is 7.87. The smallest absolute Gasteiger partial charge is 0.283 e. The summed E-state index contributed by atoms with van der Waals surface area (Å²) in [6, 6.07) is 0. The van der Waals surface area contributed by atoms with E-state index >= 15 is 0 Å². The second kappa shape index (κ2) is 2.87. The normalized spacial score (nSPS) is 15.9. The first-order valence-electron chi connectivity index (χ1n) is 1.65. The molecule has 0 aromatic carbocycles. The zero-order valence-electron chi connectivity index (χ0n) is 3.71. The first-order chi connectivity index (χ1) is 3.48. The highest BCUT2D eigenvalue weighted by Crippen LogP contribution is 2.04. The standard InChI is InChI=1S/C2H4Cl2O3S/c3-1-2(4)8(5,6)7/h2H,1H2,(H,5,6,7). The topological polar surface area (TPSA) is 54.4 Å². The van der Waals surface area contributed by atoms with E-state index in [0.29, 0.717) is 0 Å². The van der Waals surface area contributed by atoms with E-state index in [1.807, 2.05) is 0 Å². The lowest BCUT2D eigenvalue weighted by molar-refractivity contribution is 0.481. The Kier molecular flexibility index (Phi) is 3.04. The van der Waals surface area contributed by atoms with Gasteiger partial charge in [-0.15, -0.1) is 23.2 Å². The largest absolute Gasteiger partial charge is 0.284 e. The lowest BCUT2D eigenvalue weighted by Gasteiger charge is -1.96.